The molecule has 0 aliphatic heterocycles. The van der Waals surface area contributed by atoms with Gasteiger partial charge in [0.05, 0.1) is 0 Å². The van der Waals surface area contributed by atoms with Gasteiger partial charge in [-0.15, -0.1) is 6.58 Å². The molecule has 8 rings (SSSR count). The highest BCUT2D eigenvalue weighted by atomic mass is 16.5. The zero-order valence-electron chi connectivity index (χ0n) is 41.9. The fourth-order valence-electron chi connectivity index (χ4n) is 9.30. The van der Waals surface area contributed by atoms with Gasteiger partial charge < -0.3 is 19.3 Å². The topological polar surface area (TPSA) is 47.9 Å². The number of hydrogen-bond donors (Lipinski definition) is 1. The van der Waals surface area contributed by atoms with Crippen LogP contribution in [0, 0.1) is 0 Å². The minimum Gasteiger partial charge on any atom is -0.507 e. The van der Waals surface area contributed by atoms with E-state index in [1.807, 2.05) is 18.2 Å². The van der Waals surface area contributed by atoms with Crippen molar-refractivity contribution in [2.75, 3.05) is 0 Å². The van der Waals surface area contributed by atoms with Gasteiger partial charge in [-0.1, -0.05) is 208 Å². The second-order valence-corrected chi connectivity index (χ2v) is 21.9. The summed E-state index contributed by atoms with van der Waals surface area (Å²) in [5.74, 6) is 2.88. The van der Waals surface area contributed by atoms with Gasteiger partial charge in [-0.25, -0.2) is 0 Å². The average molecular weight is 903 g/mol. The Balaban J connectivity index is 1.45. The number of allylic oxidation sites excluding steroid dienone is 1. The van der Waals surface area contributed by atoms with Gasteiger partial charge in [-0.05, 0) is 106 Å². The van der Waals surface area contributed by atoms with Crippen LogP contribution < -0.4 is 14.2 Å². The number of phenolic OH excluding ortho intramolecular Hbond substituents is 1. The summed E-state index contributed by atoms with van der Waals surface area (Å²) in [5, 5.41) is 12.6. The Morgan fingerprint density at radius 1 is 0.397 bits per heavy atom. The summed E-state index contributed by atoms with van der Waals surface area (Å²) in [6, 6.07) is 49.7. The molecule has 0 atom stereocenters. The Hall–Kier alpha value is -6.52. The third kappa shape index (κ3) is 11.4. The minimum absolute atomic E-state index is 0.165. The maximum atomic E-state index is 12.6. The fraction of sp³-hybridized carbons (Fsp3) is 0.312. The van der Waals surface area contributed by atoms with Crippen LogP contribution in [0.2, 0.25) is 0 Å². The van der Waals surface area contributed by atoms with E-state index in [0.29, 0.717) is 57.7 Å². The number of aromatic hydroxyl groups is 1. The van der Waals surface area contributed by atoms with Crippen molar-refractivity contribution >= 4 is 0 Å². The molecule has 68 heavy (non-hydrogen) atoms. The third-order valence-corrected chi connectivity index (χ3v) is 13.2. The van der Waals surface area contributed by atoms with Crippen LogP contribution in [0.15, 0.2) is 152 Å². The van der Waals surface area contributed by atoms with Crippen LogP contribution in [0.1, 0.15) is 146 Å². The molecule has 4 heteroatoms. The largest absolute Gasteiger partial charge is 0.507 e. The molecule has 0 amide bonds. The monoisotopic (exact) mass is 903 g/mol. The van der Waals surface area contributed by atoms with Crippen LogP contribution in [0.5, 0.6) is 23.0 Å². The first-order chi connectivity index (χ1) is 32.4. The van der Waals surface area contributed by atoms with Gasteiger partial charge in [0.1, 0.15) is 42.8 Å². The van der Waals surface area contributed by atoms with E-state index in [2.05, 4.69) is 196 Å². The molecule has 0 fully saturated rings. The lowest BCUT2D eigenvalue weighted by Gasteiger charge is -2.28. The lowest BCUT2D eigenvalue weighted by molar-refractivity contribution is 0.295. The molecular weight excluding hydrogens is 833 g/mol. The summed E-state index contributed by atoms with van der Waals surface area (Å²) < 4.78 is 21.4. The highest BCUT2D eigenvalue weighted by molar-refractivity contribution is 5.59. The molecule has 4 nitrogen and oxygen atoms in total. The number of ether oxygens (including phenoxy) is 3. The Morgan fingerprint density at radius 3 is 0.912 bits per heavy atom. The van der Waals surface area contributed by atoms with E-state index in [-0.39, 0.29) is 16.2 Å². The molecule has 0 spiro atoms. The lowest BCUT2D eigenvalue weighted by atomic mass is 9.80. The molecule has 350 valence electrons. The van der Waals surface area contributed by atoms with Crippen molar-refractivity contribution in [2.45, 2.75) is 130 Å². The molecule has 7 aromatic rings. The van der Waals surface area contributed by atoms with Crippen LogP contribution in [0.4, 0.5) is 0 Å². The average Bonchev–Trinajstić information content (AvgIpc) is 3.29. The number of hydrogen-bond acceptors (Lipinski definition) is 4. The maximum Gasteiger partial charge on any atom is 0.126 e. The molecular formula is C64H70O4. The van der Waals surface area contributed by atoms with Gasteiger partial charge in [0.25, 0.3) is 0 Å². The SMILES string of the molecule is C=CCc1cc2c(O)c(c1)Cc1cc(C(C)(C)C)cc(c1OCc1ccccc1)Cc1cc(C(C)(C)C)cc(c1OCc1ccccc1)Cc1cc(C(C)(C)C)cc(c1OCc1ccccc1)C2. The van der Waals surface area contributed by atoms with Crippen molar-refractivity contribution in [1.82, 2.24) is 0 Å². The van der Waals surface area contributed by atoms with E-state index in [1.165, 1.54) is 16.7 Å². The first-order valence-electron chi connectivity index (χ1n) is 24.4. The summed E-state index contributed by atoms with van der Waals surface area (Å²) in [4.78, 5) is 0. The van der Waals surface area contributed by atoms with Gasteiger partial charge in [-0.2, -0.15) is 0 Å². The molecule has 0 heterocycles. The predicted molar refractivity (Wildman–Crippen MR) is 281 cm³/mol. The van der Waals surface area contributed by atoms with E-state index in [1.54, 1.807) is 0 Å². The van der Waals surface area contributed by atoms with Crippen molar-refractivity contribution in [3.63, 3.8) is 0 Å². The van der Waals surface area contributed by atoms with E-state index in [0.717, 1.165) is 84.0 Å². The second kappa shape index (κ2) is 20.0. The zero-order chi connectivity index (χ0) is 48.2. The van der Waals surface area contributed by atoms with Gasteiger partial charge in [0, 0.05) is 25.7 Å². The molecule has 0 saturated heterocycles. The Bertz CT molecular complexity index is 2710. The summed E-state index contributed by atoms with van der Waals surface area (Å²) in [7, 11) is 0. The quantitative estimate of drug-likeness (QED) is 0.131. The van der Waals surface area contributed by atoms with Gasteiger partial charge in [0.15, 0.2) is 0 Å². The van der Waals surface area contributed by atoms with Crippen LogP contribution in [-0.2, 0) is 68.2 Å². The fourth-order valence-corrected chi connectivity index (χ4v) is 9.30. The van der Waals surface area contributed by atoms with Crippen molar-refractivity contribution in [2.24, 2.45) is 0 Å². The molecule has 1 aliphatic rings. The first-order valence-corrected chi connectivity index (χ1v) is 24.4. The summed E-state index contributed by atoms with van der Waals surface area (Å²) in [6.07, 6.45) is 4.70. The van der Waals surface area contributed by atoms with E-state index in [4.69, 9.17) is 14.2 Å². The number of fused-ring (bicyclic) bond motifs is 8. The Kier molecular flexibility index (Phi) is 14.1. The molecule has 0 radical (unpaired) electrons. The summed E-state index contributed by atoms with van der Waals surface area (Å²) in [6.45, 7) is 25.9. The van der Waals surface area contributed by atoms with Gasteiger partial charge in [-0.3, -0.25) is 0 Å². The number of rotatable bonds is 11. The molecule has 0 aromatic heterocycles. The molecule has 8 bridgehead atoms. The molecule has 0 saturated carbocycles. The predicted octanol–water partition coefficient (Wildman–Crippen LogP) is 15.4. The zero-order valence-corrected chi connectivity index (χ0v) is 41.9. The second-order valence-electron chi connectivity index (χ2n) is 21.9. The molecule has 7 aromatic carbocycles. The Morgan fingerprint density at radius 2 is 0.662 bits per heavy atom. The normalized spacial score (nSPS) is 12.9. The lowest BCUT2D eigenvalue weighted by Crippen LogP contribution is -2.17. The van der Waals surface area contributed by atoms with Crippen molar-refractivity contribution in [3.05, 3.63) is 236 Å². The molecule has 0 unspecified atom stereocenters. The highest BCUT2D eigenvalue weighted by Crippen LogP contribution is 2.44. The van der Waals surface area contributed by atoms with E-state index >= 15 is 0 Å². The van der Waals surface area contributed by atoms with Crippen molar-refractivity contribution in [3.8, 4) is 23.0 Å². The smallest absolute Gasteiger partial charge is 0.126 e. The van der Waals surface area contributed by atoms with Crippen LogP contribution in [-0.4, -0.2) is 5.11 Å². The molecule has 1 aliphatic carbocycles. The van der Waals surface area contributed by atoms with E-state index < -0.39 is 0 Å². The molecule has 1 N–H and O–H groups in total. The van der Waals surface area contributed by atoms with Crippen LogP contribution in [0.3, 0.4) is 0 Å². The van der Waals surface area contributed by atoms with E-state index in [9.17, 15) is 5.11 Å². The van der Waals surface area contributed by atoms with Crippen LogP contribution in [0.25, 0.3) is 0 Å². The van der Waals surface area contributed by atoms with Crippen LogP contribution >= 0.6 is 0 Å². The van der Waals surface area contributed by atoms with Gasteiger partial charge in [0.2, 0.25) is 0 Å². The summed E-state index contributed by atoms with van der Waals surface area (Å²) >= 11 is 0. The third-order valence-electron chi connectivity index (χ3n) is 13.2. The number of phenols is 1. The van der Waals surface area contributed by atoms with Gasteiger partial charge >= 0.3 is 0 Å². The van der Waals surface area contributed by atoms with Crippen molar-refractivity contribution < 1.29 is 19.3 Å². The summed E-state index contributed by atoms with van der Waals surface area (Å²) in [5.41, 5.74) is 15.7. The standard InChI is InChI=1S/C64H70O4/c1-11-21-46-28-47-30-49-34-55(62(2,3)4)36-51(59(49)66-40-43-22-15-12-16-23-43)32-53-38-57(64(8,9)10)39-54(61(53)68-42-45-26-19-14-20-27-45)33-52-37-56(63(5,6)7)35-50(31-48(29-46)58(47)65)60(52)67-41-44-24-17-13-18-25-44/h11-20,22-29,34-39,65H,1,21,30-33,40-42H2,2-10H3. The Labute approximate surface area is 406 Å². The van der Waals surface area contributed by atoms with Crippen molar-refractivity contribution in [1.29, 1.82) is 0 Å². The first kappa shape index (κ1) is 48.0. The maximum absolute atomic E-state index is 12.6. The minimum atomic E-state index is -0.172. The highest BCUT2D eigenvalue weighted by Gasteiger charge is 2.28. The number of benzene rings is 7.